The van der Waals surface area contributed by atoms with E-state index in [0.717, 1.165) is 5.56 Å². The summed E-state index contributed by atoms with van der Waals surface area (Å²) >= 11 is 0. The third kappa shape index (κ3) is 4.65. The third-order valence-corrected chi connectivity index (χ3v) is 3.45. The first kappa shape index (κ1) is 17.7. The first-order valence-corrected chi connectivity index (χ1v) is 7.65. The van der Waals surface area contributed by atoms with Gasteiger partial charge in [0.05, 0.1) is 6.54 Å². The second kappa shape index (κ2) is 7.25. The Bertz CT molecular complexity index is 704. The number of nitrogens with one attached hydrogen (secondary N) is 1. The summed E-state index contributed by atoms with van der Waals surface area (Å²) in [6, 6.07) is 5.30. The van der Waals surface area contributed by atoms with Crippen molar-refractivity contribution in [3.05, 3.63) is 47.6 Å². The summed E-state index contributed by atoms with van der Waals surface area (Å²) in [7, 11) is 1.68. The zero-order valence-corrected chi connectivity index (χ0v) is 14.4. The molecule has 2 heterocycles. The molecule has 0 aliphatic heterocycles. The summed E-state index contributed by atoms with van der Waals surface area (Å²) in [6.07, 6.45) is 3.38. The molecule has 2 aromatic heterocycles. The molecule has 0 spiro atoms. The molecule has 0 saturated carbocycles. The van der Waals surface area contributed by atoms with E-state index in [2.05, 4.69) is 15.5 Å². The van der Waals surface area contributed by atoms with Crippen LogP contribution in [0.4, 0.5) is 0 Å². The van der Waals surface area contributed by atoms with Crippen molar-refractivity contribution in [1.82, 2.24) is 20.4 Å². The Balaban J connectivity index is 1.87. The van der Waals surface area contributed by atoms with Crippen LogP contribution in [0.25, 0.3) is 0 Å². The molecule has 2 rings (SSSR count). The largest absolute Gasteiger partial charge is 0.360 e. The Labute approximate surface area is 141 Å². The molecule has 0 aromatic carbocycles. The third-order valence-electron chi connectivity index (χ3n) is 3.45. The highest BCUT2D eigenvalue weighted by atomic mass is 16.5. The number of amides is 2. The van der Waals surface area contributed by atoms with Gasteiger partial charge in [0.15, 0.2) is 5.69 Å². The highest BCUT2D eigenvalue weighted by Gasteiger charge is 2.22. The van der Waals surface area contributed by atoms with Gasteiger partial charge < -0.3 is 14.7 Å². The monoisotopic (exact) mass is 330 g/mol. The number of hydrogen-bond acceptors (Lipinski definition) is 5. The Morgan fingerprint density at radius 1 is 1.33 bits per heavy atom. The first-order valence-electron chi connectivity index (χ1n) is 7.65. The highest BCUT2D eigenvalue weighted by molar-refractivity contribution is 5.94. The van der Waals surface area contributed by atoms with Crippen LogP contribution in [-0.4, -0.2) is 40.4 Å². The first-order chi connectivity index (χ1) is 11.3. The molecule has 0 atom stereocenters. The minimum atomic E-state index is -0.433. The maximum atomic E-state index is 12.1. The number of nitrogens with zero attached hydrogens (tertiary/aromatic N) is 3. The number of carbonyl (C=O) groups is 2. The van der Waals surface area contributed by atoms with Gasteiger partial charge in [-0.05, 0) is 11.6 Å². The molecule has 0 unspecified atom stereocenters. The molecular weight excluding hydrogens is 308 g/mol. The summed E-state index contributed by atoms with van der Waals surface area (Å²) < 4.78 is 5.17. The molecule has 0 fully saturated rings. The maximum absolute atomic E-state index is 12.1. The molecule has 0 aliphatic rings. The second-order valence-corrected chi connectivity index (χ2v) is 6.62. The summed E-state index contributed by atoms with van der Waals surface area (Å²) in [5.74, 6) is -0.0169. The predicted octanol–water partition coefficient (Wildman–Crippen LogP) is 1.76. The quantitative estimate of drug-likeness (QED) is 0.902. The summed E-state index contributed by atoms with van der Waals surface area (Å²) in [6.45, 7) is 6.22. The maximum Gasteiger partial charge on any atom is 0.273 e. The number of aromatic nitrogens is 2. The SMILES string of the molecule is CN(Cc1cccnc1)C(=O)CNC(=O)c1cc(C(C)(C)C)on1. The van der Waals surface area contributed by atoms with Gasteiger partial charge in [-0.25, -0.2) is 0 Å². The lowest BCUT2D eigenvalue weighted by molar-refractivity contribution is -0.129. The molecule has 0 aliphatic carbocycles. The normalized spacial score (nSPS) is 11.2. The molecule has 1 N–H and O–H groups in total. The van der Waals surface area contributed by atoms with E-state index < -0.39 is 5.91 Å². The summed E-state index contributed by atoms with van der Waals surface area (Å²) in [4.78, 5) is 29.7. The number of hydrogen-bond donors (Lipinski definition) is 1. The fraction of sp³-hybridized carbons (Fsp3) is 0.412. The van der Waals surface area contributed by atoms with Crippen molar-refractivity contribution >= 4 is 11.8 Å². The Hall–Kier alpha value is -2.70. The molecule has 2 aromatic rings. The van der Waals surface area contributed by atoms with Crippen molar-refractivity contribution < 1.29 is 14.1 Å². The molecule has 24 heavy (non-hydrogen) atoms. The van der Waals surface area contributed by atoms with Crippen LogP contribution in [0.5, 0.6) is 0 Å². The van der Waals surface area contributed by atoms with Crippen molar-refractivity contribution in [3.8, 4) is 0 Å². The average molecular weight is 330 g/mol. The predicted molar refractivity (Wildman–Crippen MR) is 88.2 cm³/mol. The molecule has 0 saturated heterocycles. The van der Waals surface area contributed by atoms with Crippen LogP contribution < -0.4 is 5.32 Å². The van der Waals surface area contributed by atoms with Gasteiger partial charge >= 0.3 is 0 Å². The lowest BCUT2D eigenvalue weighted by Gasteiger charge is -2.17. The van der Waals surface area contributed by atoms with Gasteiger partial charge in [0.25, 0.3) is 5.91 Å². The number of carbonyl (C=O) groups excluding carboxylic acids is 2. The molecule has 7 heteroatoms. The van der Waals surface area contributed by atoms with Crippen LogP contribution in [0.15, 0.2) is 35.1 Å². The van der Waals surface area contributed by atoms with Gasteiger partial charge in [0, 0.05) is 37.5 Å². The van der Waals surface area contributed by atoms with Gasteiger partial charge in [-0.1, -0.05) is 32.0 Å². The minimum absolute atomic E-state index is 0.104. The number of rotatable bonds is 5. The lowest BCUT2D eigenvalue weighted by atomic mass is 9.93. The Kier molecular flexibility index (Phi) is 5.33. The molecule has 0 bridgehead atoms. The van der Waals surface area contributed by atoms with Crippen molar-refractivity contribution in [2.45, 2.75) is 32.7 Å². The van der Waals surface area contributed by atoms with Gasteiger partial charge in [-0.2, -0.15) is 0 Å². The van der Waals surface area contributed by atoms with E-state index in [1.807, 2.05) is 32.9 Å². The Morgan fingerprint density at radius 3 is 2.67 bits per heavy atom. The number of pyridine rings is 1. The van der Waals surface area contributed by atoms with E-state index in [4.69, 9.17) is 4.52 Å². The van der Waals surface area contributed by atoms with Crippen LogP contribution in [0, 0.1) is 0 Å². The zero-order valence-electron chi connectivity index (χ0n) is 14.4. The zero-order chi connectivity index (χ0) is 17.7. The second-order valence-electron chi connectivity index (χ2n) is 6.62. The van der Waals surface area contributed by atoms with Crippen LogP contribution >= 0.6 is 0 Å². The van der Waals surface area contributed by atoms with E-state index in [-0.39, 0.29) is 23.6 Å². The minimum Gasteiger partial charge on any atom is -0.360 e. The van der Waals surface area contributed by atoms with Crippen LogP contribution in [0.2, 0.25) is 0 Å². The van der Waals surface area contributed by atoms with E-state index >= 15 is 0 Å². The topological polar surface area (TPSA) is 88.3 Å². The van der Waals surface area contributed by atoms with E-state index in [0.29, 0.717) is 12.3 Å². The average Bonchev–Trinajstić information content (AvgIpc) is 3.03. The molecule has 7 nitrogen and oxygen atoms in total. The van der Waals surface area contributed by atoms with Gasteiger partial charge in [-0.15, -0.1) is 0 Å². The van der Waals surface area contributed by atoms with Crippen molar-refractivity contribution in [3.63, 3.8) is 0 Å². The smallest absolute Gasteiger partial charge is 0.273 e. The van der Waals surface area contributed by atoms with Gasteiger partial charge in [-0.3, -0.25) is 14.6 Å². The van der Waals surface area contributed by atoms with E-state index in [9.17, 15) is 9.59 Å². The molecule has 0 radical (unpaired) electrons. The van der Waals surface area contributed by atoms with Crippen LogP contribution in [0.1, 0.15) is 42.6 Å². The molecular formula is C17H22N4O3. The fourth-order valence-electron chi connectivity index (χ4n) is 1.97. The van der Waals surface area contributed by atoms with Gasteiger partial charge in [0.2, 0.25) is 5.91 Å². The molecule has 2 amide bonds. The fourth-order valence-corrected chi connectivity index (χ4v) is 1.97. The van der Waals surface area contributed by atoms with Crippen molar-refractivity contribution in [2.75, 3.05) is 13.6 Å². The van der Waals surface area contributed by atoms with E-state index in [1.54, 1.807) is 25.5 Å². The number of likely N-dealkylation sites (N-methyl/N-ethyl adjacent to an activating group) is 1. The van der Waals surface area contributed by atoms with Crippen molar-refractivity contribution in [1.29, 1.82) is 0 Å². The van der Waals surface area contributed by atoms with Crippen LogP contribution in [0.3, 0.4) is 0 Å². The lowest BCUT2D eigenvalue weighted by Crippen LogP contribution is -2.37. The van der Waals surface area contributed by atoms with Crippen molar-refractivity contribution in [2.24, 2.45) is 0 Å². The summed E-state index contributed by atoms with van der Waals surface area (Å²) in [5, 5.41) is 6.31. The van der Waals surface area contributed by atoms with E-state index in [1.165, 1.54) is 4.90 Å². The summed E-state index contributed by atoms with van der Waals surface area (Å²) in [5.41, 5.74) is 0.860. The van der Waals surface area contributed by atoms with Crippen LogP contribution in [-0.2, 0) is 16.8 Å². The standard InChI is InChI=1S/C17H22N4O3/c1-17(2,3)14-8-13(20-24-14)16(23)19-10-15(22)21(4)11-12-6-5-7-18-9-12/h5-9H,10-11H2,1-4H3,(H,19,23). The van der Waals surface area contributed by atoms with Gasteiger partial charge in [0.1, 0.15) is 5.76 Å². The molecule has 128 valence electrons. The Morgan fingerprint density at radius 2 is 2.08 bits per heavy atom. The highest BCUT2D eigenvalue weighted by Crippen LogP contribution is 2.22.